The zero-order valence-corrected chi connectivity index (χ0v) is 12.2. The lowest BCUT2D eigenvalue weighted by Gasteiger charge is -2.26. The lowest BCUT2D eigenvalue weighted by molar-refractivity contribution is -0.141. The summed E-state index contributed by atoms with van der Waals surface area (Å²) in [4.78, 5) is 25.1. The summed E-state index contributed by atoms with van der Waals surface area (Å²) in [5, 5.41) is 8.99. The van der Waals surface area contributed by atoms with E-state index >= 15 is 0 Å². The van der Waals surface area contributed by atoms with E-state index in [-0.39, 0.29) is 12.5 Å². The molecule has 1 amide bonds. The second-order valence-corrected chi connectivity index (χ2v) is 4.91. The molecule has 0 aliphatic carbocycles. The van der Waals surface area contributed by atoms with Gasteiger partial charge in [0.25, 0.3) is 5.91 Å². The number of ether oxygens (including phenoxy) is 2. The second kappa shape index (κ2) is 6.47. The van der Waals surface area contributed by atoms with Crippen LogP contribution in [0.3, 0.4) is 0 Å². The van der Waals surface area contributed by atoms with Crippen molar-refractivity contribution in [3.8, 4) is 11.5 Å². The molecular weight excluding hydrogens is 274 g/mol. The summed E-state index contributed by atoms with van der Waals surface area (Å²) in [6.45, 7) is 4.85. The summed E-state index contributed by atoms with van der Waals surface area (Å²) in [7, 11) is 0. The number of carboxylic acid groups (broad SMARTS) is 1. The van der Waals surface area contributed by atoms with Crippen LogP contribution in [0.4, 0.5) is 0 Å². The monoisotopic (exact) mass is 293 g/mol. The maximum Gasteiger partial charge on any atom is 0.308 e. The molecule has 1 aromatic rings. The van der Waals surface area contributed by atoms with E-state index in [0.717, 1.165) is 0 Å². The van der Waals surface area contributed by atoms with E-state index in [9.17, 15) is 9.59 Å². The van der Waals surface area contributed by atoms with E-state index in [1.807, 2.05) is 6.92 Å². The number of nitrogens with zero attached hydrogens (tertiary/aromatic N) is 1. The molecule has 0 saturated heterocycles. The third kappa shape index (κ3) is 3.26. The Morgan fingerprint density at radius 3 is 2.71 bits per heavy atom. The van der Waals surface area contributed by atoms with Gasteiger partial charge in [-0.2, -0.15) is 0 Å². The maximum absolute atomic E-state index is 12.6. The van der Waals surface area contributed by atoms with Crippen LogP contribution in [0.15, 0.2) is 18.2 Å². The minimum atomic E-state index is -0.920. The van der Waals surface area contributed by atoms with Crippen LogP contribution in [0, 0.1) is 5.92 Å². The molecule has 114 valence electrons. The van der Waals surface area contributed by atoms with E-state index in [1.54, 1.807) is 25.1 Å². The van der Waals surface area contributed by atoms with Gasteiger partial charge in [0.1, 0.15) is 13.2 Å². The predicted molar refractivity (Wildman–Crippen MR) is 75.8 cm³/mol. The Morgan fingerprint density at radius 1 is 1.33 bits per heavy atom. The number of rotatable bonds is 5. The Kier molecular flexibility index (Phi) is 4.67. The lowest BCUT2D eigenvalue weighted by Crippen LogP contribution is -2.37. The quantitative estimate of drug-likeness (QED) is 0.893. The minimum Gasteiger partial charge on any atom is -0.486 e. The van der Waals surface area contributed by atoms with Crippen LogP contribution in [-0.2, 0) is 4.79 Å². The van der Waals surface area contributed by atoms with Crippen molar-refractivity contribution in [1.82, 2.24) is 4.90 Å². The van der Waals surface area contributed by atoms with Gasteiger partial charge >= 0.3 is 5.97 Å². The van der Waals surface area contributed by atoms with E-state index in [2.05, 4.69) is 0 Å². The van der Waals surface area contributed by atoms with Gasteiger partial charge in [0, 0.05) is 13.1 Å². The number of aliphatic carboxylic acids is 1. The average molecular weight is 293 g/mol. The summed E-state index contributed by atoms with van der Waals surface area (Å²) in [5.41, 5.74) is 0.409. The average Bonchev–Trinajstić information content (AvgIpc) is 2.51. The number of carbonyl (C=O) groups is 2. The van der Waals surface area contributed by atoms with Crippen LogP contribution in [0.2, 0.25) is 0 Å². The number of hydrogen-bond donors (Lipinski definition) is 1. The summed E-state index contributed by atoms with van der Waals surface area (Å²) in [6.07, 6.45) is 0. The van der Waals surface area contributed by atoms with Gasteiger partial charge in [0.15, 0.2) is 11.5 Å². The van der Waals surface area contributed by atoms with Crippen LogP contribution >= 0.6 is 0 Å². The smallest absolute Gasteiger partial charge is 0.308 e. The molecule has 1 heterocycles. The van der Waals surface area contributed by atoms with Gasteiger partial charge in [-0.1, -0.05) is 13.0 Å². The van der Waals surface area contributed by atoms with Crippen molar-refractivity contribution in [3.63, 3.8) is 0 Å². The summed E-state index contributed by atoms with van der Waals surface area (Å²) >= 11 is 0. The van der Waals surface area contributed by atoms with Crippen LogP contribution in [0.5, 0.6) is 11.5 Å². The molecule has 1 aliphatic rings. The first-order chi connectivity index (χ1) is 10.0. The zero-order chi connectivity index (χ0) is 15.4. The topological polar surface area (TPSA) is 76.1 Å². The van der Waals surface area contributed by atoms with E-state index < -0.39 is 11.9 Å². The highest BCUT2D eigenvalue weighted by atomic mass is 16.6. The highest BCUT2D eigenvalue weighted by Crippen LogP contribution is 2.34. The van der Waals surface area contributed by atoms with Gasteiger partial charge in [-0.05, 0) is 19.1 Å². The third-order valence-corrected chi connectivity index (χ3v) is 3.38. The number of benzene rings is 1. The molecule has 0 fully saturated rings. The Bertz CT molecular complexity index is 543. The number of carboxylic acids is 1. The Labute approximate surface area is 123 Å². The number of amides is 1. The highest BCUT2D eigenvalue weighted by Gasteiger charge is 2.25. The minimum absolute atomic E-state index is 0.162. The van der Waals surface area contributed by atoms with E-state index in [1.165, 1.54) is 4.90 Å². The van der Waals surface area contributed by atoms with Crippen molar-refractivity contribution in [2.75, 3.05) is 26.3 Å². The van der Waals surface area contributed by atoms with E-state index in [0.29, 0.717) is 36.8 Å². The van der Waals surface area contributed by atoms with Gasteiger partial charge in [0.05, 0.1) is 11.5 Å². The molecule has 1 unspecified atom stereocenters. The van der Waals surface area contributed by atoms with E-state index in [4.69, 9.17) is 14.6 Å². The molecule has 1 aliphatic heterocycles. The number of carbonyl (C=O) groups excluding carboxylic acids is 1. The molecule has 1 aromatic carbocycles. The van der Waals surface area contributed by atoms with Crippen molar-refractivity contribution in [2.24, 2.45) is 5.92 Å². The SMILES string of the molecule is CCN(CC(C)C(=O)O)C(=O)c1cccc2c1OCCO2. The molecule has 1 N–H and O–H groups in total. The molecule has 6 nitrogen and oxygen atoms in total. The summed E-state index contributed by atoms with van der Waals surface area (Å²) in [6, 6.07) is 5.15. The first-order valence-corrected chi connectivity index (χ1v) is 6.95. The lowest BCUT2D eigenvalue weighted by atomic mass is 10.1. The van der Waals surface area contributed by atoms with Crippen molar-refractivity contribution in [2.45, 2.75) is 13.8 Å². The number of fused-ring (bicyclic) bond motifs is 1. The Balaban J connectivity index is 2.24. The second-order valence-electron chi connectivity index (χ2n) is 4.91. The highest BCUT2D eigenvalue weighted by molar-refractivity contribution is 5.98. The van der Waals surface area contributed by atoms with Crippen LogP contribution in [-0.4, -0.2) is 48.2 Å². The number of para-hydroxylation sites is 1. The fourth-order valence-corrected chi connectivity index (χ4v) is 2.18. The zero-order valence-electron chi connectivity index (χ0n) is 12.2. The molecule has 6 heteroatoms. The van der Waals surface area contributed by atoms with Crippen molar-refractivity contribution in [3.05, 3.63) is 23.8 Å². The van der Waals surface area contributed by atoms with Gasteiger partial charge in [-0.25, -0.2) is 0 Å². The largest absolute Gasteiger partial charge is 0.486 e. The molecule has 0 saturated carbocycles. The Morgan fingerprint density at radius 2 is 2.05 bits per heavy atom. The first kappa shape index (κ1) is 15.2. The van der Waals surface area contributed by atoms with Gasteiger partial charge in [-0.3, -0.25) is 9.59 Å². The molecule has 0 spiro atoms. The molecule has 0 radical (unpaired) electrons. The molecule has 2 rings (SSSR count). The van der Waals surface area contributed by atoms with Gasteiger partial charge < -0.3 is 19.5 Å². The van der Waals surface area contributed by atoms with Crippen LogP contribution in [0.1, 0.15) is 24.2 Å². The fraction of sp³-hybridized carbons (Fsp3) is 0.467. The van der Waals surface area contributed by atoms with Crippen molar-refractivity contribution >= 4 is 11.9 Å². The van der Waals surface area contributed by atoms with Gasteiger partial charge in [0.2, 0.25) is 0 Å². The first-order valence-electron chi connectivity index (χ1n) is 6.95. The normalized spacial score (nSPS) is 14.4. The van der Waals surface area contributed by atoms with Gasteiger partial charge in [-0.15, -0.1) is 0 Å². The Hall–Kier alpha value is -2.24. The molecule has 0 aromatic heterocycles. The summed E-state index contributed by atoms with van der Waals surface area (Å²) in [5.74, 6) is -0.793. The van der Waals surface area contributed by atoms with Crippen molar-refractivity contribution in [1.29, 1.82) is 0 Å². The standard InChI is InChI=1S/C15H19NO5/c1-3-16(9-10(2)15(18)19)14(17)11-5-4-6-12-13(11)21-8-7-20-12/h4-6,10H,3,7-9H2,1-2H3,(H,18,19). The van der Waals surface area contributed by atoms with Crippen LogP contribution < -0.4 is 9.47 Å². The van der Waals surface area contributed by atoms with Crippen LogP contribution in [0.25, 0.3) is 0 Å². The number of hydrogen-bond acceptors (Lipinski definition) is 4. The third-order valence-electron chi connectivity index (χ3n) is 3.38. The molecule has 21 heavy (non-hydrogen) atoms. The predicted octanol–water partition coefficient (Wildman–Crippen LogP) is 1.64. The van der Waals surface area contributed by atoms with Crippen molar-refractivity contribution < 1.29 is 24.2 Å². The molecule has 1 atom stereocenters. The maximum atomic E-state index is 12.6. The summed E-state index contributed by atoms with van der Waals surface area (Å²) < 4.78 is 11.0. The molecular formula is C15H19NO5. The molecule has 0 bridgehead atoms. The fourth-order valence-electron chi connectivity index (χ4n) is 2.18.